The van der Waals surface area contributed by atoms with Gasteiger partial charge >= 0.3 is 0 Å². The predicted molar refractivity (Wildman–Crippen MR) is 78.8 cm³/mol. The summed E-state index contributed by atoms with van der Waals surface area (Å²) in [6.07, 6.45) is 0.858. The highest BCUT2D eigenvalue weighted by molar-refractivity contribution is 9.11. The van der Waals surface area contributed by atoms with E-state index in [0.29, 0.717) is 0 Å². The number of hydrogen-bond acceptors (Lipinski definition) is 2. The van der Waals surface area contributed by atoms with Gasteiger partial charge in [0.2, 0.25) is 0 Å². The van der Waals surface area contributed by atoms with Crippen molar-refractivity contribution in [2.24, 2.45) is 0 Å². The number of halogens is 1. The van der Waals surface area contributed by atoms with Gasteiger partial charge in [0, 0.05) is 16.0 Å². The van der Waals surface area contributed by atoms with Crippen LogP contribution in [0.1, 0.15) is 27.0 Å². The summed E-state index contributed by atoms with van der Waals surface area (Å²) in [5.74, 6) is 0.156. The van der Waals surface area contributed by atoms with Gasteiger partial charge in [0.1, 0.15) is 0 Å². The van der Waals surface area contributed by atoms with Crippen LogP contribution in [0.5, 0.6) is 0 Å². The van der Waals surface area contributed by atoms with E-state index in [1.54, 1.807) is 11.8 Å². The molecule has 90 valence electrons. The van der Waals surface area contributed by atoms with E-state index >= 15 is 0 Å². The first-order chi connectivity index (χ1) is 8.79. The van der Waals surface area contributed by atoms with Gasteiger partial charge in [-0.1, -0.05) is 46.3 Å². The van der Waals surface area contributed by atoms with Crippen LogP contribution >= 0.6 is 27.7 Å². The molecule has 0 aliphatic heterocycles. The molecule has 1 nitrogen and oxygen atoms in total. The van der Waals surface area contributed by atoms with Gasteiger partial charge in [0.25, 0.3) is 0 Å². The monoisotopic (exact) mass is 318 g/mol. The molecule has 0 aromatic heterocycles. The molecular formula is C15H11BrOS. The molecular weight excluding hydrogens is 308 g/mol. The molecule has 1 aliphatic rings. The molecule has 3 rings (SSSR count). The lowest BCUT2D eigenvalue weighted by molar-refractivity contribution is 0.103. The molecule has 0 radical (unpaired) electrons. The third-order valence-corrected chi connectivity index (χ3v) is 4.57. The molecule has 0 amide bonds. The van der Waals surface area contributed by atoms with Gasteiger partial charge in [-0.15, -0.1) is 11.8 Å². The third-order valence-electron chi connectivity index (χ3n) is 3.19. The number of alkyl halides is 1. The fraction of sp³-hybridized carbons (Fsp3) is 0.133. The smallest absolute Gasteiger partial charge is 0.193 e. The Labute approximate surface area is 119 Å². The van der Waals surface area contributed by atoms with Crippen molar-refractivity contribution in [2.75, 3.05) is 4.66 Å². The third kappa shape index (κ3) is 2.02. The van der Waals surface area contributed by atoms with Crippen LogP contribution in [0.25, 0.3) is 0 Å². The van der Waals surface area contributed by atoms with Crippen molar-refractivity contribution in [3.05, 3.63) is 64.7 Å². The minimum atomic E-state index is 0.156. The second-order valence-electron chi connectivity index (χ2n) is 4.24. The number of carbonyl (C=O) groups excluding carboxylic acids is 1. The Morgan fingerprint density at radius 3 is 2.67 bits per heavy atom. The van der Waals surface area contributed by atoms with Gasteiger partial charge in [-0.2, -0.15) is 0 Å². The van der Waals surface area contributed by atoms with E-state index < -0.39 is 0 Å². The molecule has 18 heavy (non-hydrogen) atoms. The lowest BCUT2D eigenvalue weighted by Crippen LogP contribution is -2.14. The van der Waals surface area contributed by atoms with Gasteiger partial charge in [-0.05, 0) is 29.7 Å². The number of hydrogen-bond donors (Lipinski definition) is 0. The maximum Gasteiger partial charge on any atom is 0.193 e. The maximum absolute atomic E-state index is 12.4. The number of ketones is 1. The lowest BCUT2D eigenvalue weighted by atomic mass is 9.85. The van der Waals surface area contributed by atoms with Crippen LogP contribution in [0.4, 0.5) is 0 Å². The molecule has 0 bridgehead atoms. The van der Waals surface area contributed by atoms with Crippen LogP contribution in [0.15, 0.2) is 47.4 Å². The molecule has 0 saturated heterocycles. The van der Waals surface area contributed by atoms with Crippen LogP contribution < -0.4 is 0 Å². The molecule has 0 heterocycles. The Kier molecular flexibility index (Phi) is 3.27. The standard InChI is InChI=1S/C15H11BrOS/c16-9-18-12-6-5-11-7-10-3-1-2-4-13(10)15(17)14(11)8-12/h1-6,8H,7,9H2. The highest BCUT2D eigenvalue weighted by Crippen LogP contribution is 2.30. The van der Waals surface area contributed by atoms with Crippen LogP contribution in [0.3, 0.4) is 0 Å². The number of benzene rings is 2. The van der Waals surface area contributed by atoms with Crippen molar-refractivity contribution in [3.8, 4) is 0 Å². The lowest BCUT2D eigenvalue weighted by Gasteiger charge is -2.18. The summed E-state index contributed by atoms with van der Waals surface area (Å²) in [6.45, 7) is 0. The van der Waals surface area contributed by atoms with Gasteiger partial charge in [0.05, 0.1) is 4.66 Å². The molecule has 1 aliphatic carbocycles. The Morgan fingerprint density at radius 2 is 1.83 bits per heavy atom. The van der Waals surface area contributed by atoms with Crippen LogP contribution in [-0.2, 0) is 6.42 Å². The van der Waals surface area contributed by atoms with Crippen molar-refractivity contribution >= 4 is 33.5 Å². The number of thioether (sulfide) groups is 1. The minimum Gasteiger partial charge on any atom is -0.289 e. The average molecular weight is 319 g/mol. The zero-order chi connectivity index (χ0) is 12.5. The topological polar surface area (TPSA) is 17.1 Å². The molecule has 2 aromatic rings. The summed E-state index contributed by atoms with van der Waals surface area (Å²) in [6, 6.07) is 14.1. The Balaban J connectivity index is 2.08. The van der Waals surface area contributed by atoms with Crippen molar-refractivity contribution in [1.29, 1.82) is 0 Å². The highest BCUT2D eigenvalue weighted by atomic mass is 79.9. The van der Waals surface area contributed by atoms with Crippen molar-refractivity contribution in [3.63, 3.8) is 0 Å². The van der Waals surface area contributed by atoms with Gasteiger partial charge in [0.15, 0.2) is 5.78 Å². The largest absolute Gasteiger partial charge is 0.289 e. The summed E-state index contributed by atoms with van der Waals surface area (Å²) < 4.78 is 0.844. The second kappa shape index (κ2) is 4.90. The SMILES string of the molecule is O=C1c2ccccc2Cc2ccc(SCBr)cc21. The van der Waals surface area contributed by atoms with E-state index in [1.165, 1.54) is 0 Å². The molecule has 0 atom stereocenters. The molecule has 0 fully saturated rings. The fourth-order valence-corrected chi connectivity index (χ4v) is 3.60. The molecule has 3 heteroatoms. The van der Waals surface area contributed by atoms with Crippen LogP contribution in [-0.4, -0.2) is 10.4 Å². The summed E-state index contributed by atoms with van der Waals surface area (Å²) >= 11 is 5.10. The molecule has 0 saturated carbocycles. The van der Waals surface area contributed by atoms with E-state index in [-0.39, 0.29) is 5.78 Å². The van der Waals surface area contributed by atoms with E-state index in [0.717, 1.165) is 38.2 Å². The van der Waals surface area contributed by atoms with E-state index in [9.17, 15) is 4.79 Å². The highest BCUT2D eigenvalue weighted by Gasteiger charge is 2.22. The molecule has 2 aromatic carbocycles. The first-order valence-electron chi connectivity index (χ1n) is 5.74. The summed E-state index contributed by atoms with van der Waals surface area (Å²) in [5.41, 5.74) is 3.99. The predicted octanol–water partition coefficient (Wildman–Crippen LogP) is 4.27. The second-order valence-corrected chi connectivity index (χ2v) is 6.59. The Bertz CT molecular complexity index is 622. The van der Waals surface area contributed by atoms with Crippen LogP contribution in [0.2, 0.25) is 0 Å². The molecule has 0 unspecified atom stereocenters. The Morgan fingerprint density at radius 1 is 1.06 bits per heavy atom. The summed E-state index contributed by atoms with van der Waals surface area (Å²) in [7, 11) is 0. The Hall–Kier alpha value is -1.06. The molecule has 0 N–H and O–H groups in total. The maximum atomic E-state index is 12.4. The van der Waals surface area contributed by atoms with E-state index in [4.69, 9.17) is 0 Å². The zero-order valence-corrected chi connectivity index (χ0v) is 12.1. The van der Waals surface area contributed by atoms with Gasteiger partial charge in [-0.3, -0.25) is 4.79 Å². The van der Waals surface area contributed by atoms with E-state index in [1.807, 2.05) is 30.3 Å². The fourth-order valence-electron chi connectivity index (χ4n) is 2.32. The van der Waals surface area contributed by atoms with Crippen molar-refractivity contribution < 1.29 is 4.79 Å². The van der Waals surface area contributed by atoms with Gasteiger partial charge in [-0.25, -0.2) is 0 Å². The average Bonchev–Trinajstić information content (AvgIpc) is 2.40. The quantitative estimate of drug-likeness (QED) is 0.518. The van der Waals surface area contributed by atoms with Gasteiger partial charge < -0.3 is 0 Å². The normalized spacial score (nSPS) is 13.1. The van der Waals surface area contributed by atoms with E-state index in [2.05, 4.69) is 28.1 Å². The first-order valence-corrected chi connectivity index (χ1v) is 7.84. The zero-order valence-electron chi connectivity index (χ0n) is 9.65. The van der Waals surface area contributed by atoms with Crippen LogP contribution in [0, 0.1) is 0 Å². The molecule has 0 spiro atoms. The summed E-state index contributed by atoms with van der Waals surface area (Å²) in [4.78, 5) is 13.6. The number of rotatable bonds is 2. The van der Waals surface area contributed by atoms with Crippen molar-refractivity contribution in [2.45, 2.75) is 11.3 Å². The number of fused-ring (bicyclic) bond motifs is 2. The first kappa shape index (κ1) is 12.0. The number of carbonyl (C=O) groups is 1. The summed E-state index contributed by atoms with van der Waals surface area (Å²) in [5, 5.41) is 0. The minimum absolute atomic E-state index is 0.156. The van der Waals surface area contributed by atoms with Crippen molar-refractivity contribution in [1.82, 2.24) is 0 Å².